The number of rotatable bonds is 3. The molecule has 0 saturated heterocycles. The lowest BCUT2D eigenvalue weighted by Crippen LogP contribution is -2.35. The van der Waals surface area contributed by atoms with Crippen LogP contribution in [0.2, 0.25) is 0 Å². The Bertz CT molecular complexity index is 843. The van der Waals surface area contributed by atoms with Gasteiger partial charge in [-0.15, -0.1) is 0 Å². The van der Waals surface area contributed by atoms with Gasteiger partial charge in [0, 0.05) is 24.1 Å². The summed E-state index contributed by atoms with van der Waals surface area (Å²) in [7, 11) is -3.12. The summed E-state index contributed by atoms with van der Waals surface area (Å²) < 4.78 is 22.9. The fraction of sp³-hybridized carbons (Fsp3) is 0.278. The first kappa shape index (κ1) is 15.7. The molecular formula is C18H19NO3S. The molecule has 0 N–H and O–H groups in total. The van der Waals surface area contributed by atoms with Gasteiger partial charge in [-0.05, 0) is 42.2 Å². The predicted octanol–water partition coefficient (Wildman–Crippen LogP) is 2.82. The second-order valence-electron chi connectivity index (χ2n) is 5.96. The molecule has 0 aliphatic carbocycles. The second kappa shape index (κ2) is 6.16. The van der Waals surface area contributed by atoms with Crippen LogP contribution in [0.25, 0.3) is 0 Å². The van der Waals surface area contributed by atoms with E-state index in [1.54, 1.807) is 29.2 Å². The van der Waals surface area contributed by atoms with Crippen LogP contribution in [0.15, 0.2) is 48.5 Å². The molecule has 3 rings (SSSR count). The van der Waals surface area contributed by atoms with Crippen molar-refractivity contribution in [2.24, 2.45) is 0 Å². The van der Waals surface area contributed by atoms with Gasteiger partial charge in [-0.3, -0.25) is 4.79 Å². The van der Waals surface area contributed by atoms with Crippen LogP contribution < -0.4 is 4.90 Å². The van der Waals surface area contributed by atoms with E-state index in [-0.39, 0.29) is 11.7 Å². The maximum atomic E-state index is 12.9. The Morgan fingerprint density at radius 1 is 1.13 bits per heavy atom. The van der Waals surface area contributed by atoms with Gasteiger partial charge in [0.15, 0.2) is 9.84 Å². The predicted molar refractivity (Wildman–Crippen MR) is 91.4 cm³/mol. The lowest BCUT2D eigenvalue weighted by atomic mass is 10.0. The number of anilines is 1. The Labute approximate surface area is 136 Å². The summed E-state index contributed by atoms with van der Waals surface area (Å²) in [6, 6.07) is 14.8. The number of nitrogens with zero attached hydrogens (tertiary/aromatic N) is 1. The molecule has 0 bridgehead atoms. The number of hydrogen-bond donors (Lipinski definition) is 0. The van der Waals surface area contributed by atoms with E-state index in [1.807, 2.05) is 18.2 Å². The van der Waals surface area contributed by atoms with E-state index in [2.05, 4.69) is 6.07 Å². The first-order valence-electron chi connectivity index (χ1n) is 7.60. The zero-order valence-corrected chi connectivity index (χ0v) is 13.8. The molecule has 4 nitrogen and oxygen atoms in total. The van der Waals surface area contributed by atoms with Crippen molar-refractivity contribution in [3.05, 3.63) is 65.2 Å². The number of amides is 1. The fourth-order valence-corrected chi connectivity index (χ4v) is 3.78. The fourth-order valence-electron chi connectivity index (χ4n) is 3.00. The minimum Gasteiger partial charge on any atom is -0.308 e. The normalized spacial score (nSPS) is 14.4. The number of aryl methyl sites for hydroxylation is 1. The topological polar surface area (TPSA) is 54.5 Å². The van der Waals surface area contributed by atoms with Gasteiger partial charge in [0.1, 0.15) is 0 Å². The Hall–Kier alpha value is -2.14. The van der Waals surface area contributed by atoms with E-state index in [1.165, 1.54) is 11.8 Å². The van der Waals surface area contributed by atoms with Crippen molar-refractivity contribution < 1.29 is 13.2 Å². The van der Waals surface area contributed by atoms with Crippen molar-refractivity contribution >= 4 is 21.4 Å². The van der Waals surface area contributed by atoms with Gasteiger partial charge in [0.05, 0.1) is 5.75 Å². The Balaban J connectivity index is 1.91. The summed E-state index contributed by atoms with van der Waals surface area (Å²) in [5, 5.41) is 0. The molecule has 0 saturated carbocycles. The van der Waals surface area contributed by atoms with E-state index in [9.17, 15) is 13.2 Å². The summed E-state index contributed by atoms with van der Waals surface area (Å²) in [5.41, 5.74) is 3.31. The number of para-hydroxylation sites is 1. The molecule has 0 aromatic heterocycles. The number of carbonyl (C=O) groups is 1. The molecule has 1 heterocycles. The molecule has 1 aliphatic rings. The summed E-state index contributed by atoms with van der Waals surface area (Å²) in [4.78, 5) is 14.6. The van der Waals surface area contributed by atoms with Gasteiger partial charge < -0.3 is 4.90 Å². The summed E-state index contributed by atoms with van der Waals surface area (Å²) >= 11 is 0. The number of fused-ring (bicyclic) bond motifs is 1. The zero-order valence-electron chi connectivity index (χ0n) is 13.0. The smallest absolute Gasteiger partial charge is 0.258 e. The van der Waals surface area contributed by atoms with Crippen LogP contribution in [0.1, 0.15) is 27.9 Å². The third-order valence-electron chi connectivity index (χ3n) is 3.96. The molecule has 0 atom stereocenters. The molecule has 23 heavy (non-hydrogen) atoms. The number of benzene rings is 2. The Morgan fingerprint density at radius 2 is 1.91 bits per heavy atom. The molecule has 0 unspecified atom stereocenters. The molecular weight excluding hydrogens is 310 g/mol. The third-order valence-corrected chi connectivity index (χ3v) is 4.82. The first-order chi connectivity index (χ1) is 10.9. The summed E-state index contributed by atoms with van der Waals surface area (Å²) in [6.07, 6.45) is 3.11. The third kappa shape index (κ3) is 3.62. The highest BCUT2D eigenvalue weighted by molar-refractivity contribution is 7.89. The summed E-state index contributed by atoms with van der Waals surface area (Å²) in [5.74, 6) is -0.127. The van der Waals surface area contributed by atoms with E-state index in [0.717, 1.165) is 18.5 Å². The minimum absolute atomic E-state index is 0.0509. The molecule has 0 spiro atoms. The van der Waals surface area contributed by atoms with Crippen LogP contribution in [0.4, 0.5) is 5.69 Å². The van der Waals surface area contributed by atoms with E-state index in [4.69, 9.17) is 0 Å². The zero-order chi connectivity index (χ0) is 16.4. The minimum atomic E-state index is -3.12. The molecule has 2 aromatic carbocycles. The molecule has 120 valence electrons. The van der Waals surface area contributed by atoms with Crippen molar-refractivity contribution in [3.63, 3.8) is 0 Å². The quantitative estimate of drug-likeness (QED) is 0.870. The number of hydrogen-bond acceptors (Lipinski definition) is 3. The first-order valence-corrected chi connectivity index (χ1v) is 9.66. The monoisotopic (exact) mass is 329 g/mol. The second-order valence-corrected chi connectivity index (χ2v) is 8.10. The van der Waals surface area contributed by atoms with Crippen LogP contribution >= 0.6 is 0 Å². The average Bonchev–Trinajstić information content (AvgIpc) is 2.52. The van der Waals surface area contributed by atoms with Crippen molar-refractivity contribution in [2.75, 3.05) is 17.7 Å². The van der Waals surface area contributed by atoms with Crippen LogP contribution in [0.3, 0.4) is 0 Å². The molecule has 1 amide bonds. The van der Waals surface area contributed by atoms with Gasteiger partial charge in [0.25, 0.3) is 5.91 Å². The van der Waals surface area contributed by atoms with E-state index >= 15 is 0 Å². The highest BCUT2D eigenvalue weighted by Crippen LogP contribution is 2.28. The molecule has 0 radical (unpaired) electrons. The van der Waals surface area contributed by atoms with Crippen LogP contribution in [0, 0.1) is 0 Å². The maximum Gasteiger partial charge on any atom is 0.258 e. The van der Waals surface area contributed by atoms with Gasteiger partial charge in [0.2, 0.25) is 0 Å². The number of sulfone groups is 1. The van der Waals surface area contributed by atoms with Crippen molar-refractivity contribution in [1.29, 1.82) is 0 Å². The van der Waals surface area contributed by atoms with Crippen LogP contribution in [-0.4, -0.2) is 27.1 Å². The van der Waals surface area contributed by atoms with Crippen LogP contribution in [-0.2, 0) is 22.0 Å². The standard InChI is InChI=1S/C18H19NO3S/c1-23(21,22)13-14-6-4-8-16(12-14)18(20)19-11-5-9-15-7-2-3-10-17(15)19/h2-4,6-8,10,12H,5,9,11,13H2,1H3. The molecule has 5 heteroatoms. The lowest BCUT2D eigenvalue weighted by Gasteiger charge is -2.29. The average molecular weight is 329 g/mol. The highest BCUT2D eigenvalue weighted by Gasteiger charge is 2.23. The molecule has 0 fully saturated rings. The van der Waals surface area contributed by atoms with Crippen molar-refractivity contribution in [1.82, 2.24) is 0 Å². The van der Waals surface area contributed by atoms with Gasteiger partial charge in [-0.25, -0.2) is 8.42 Å². The van der Waals surface area contributed by atoms with Crippen molar-refractivity contribution in [3.8, 4) is 0 Å². The van der Waals surface area contributed by atoms with Gasteiger partial charge in [-0.1, -0.05) is 30.3 Å². The Morgan fingerprint density at radius 3 is 2.70 bits per heavy atom. The lowest BCUT2D eigenvalue weighted by molar-refractivity contribution is 0.0985. The van der Waals surface area contributed by atoms with Gasteiger partial charge >= 0.3 is 0 Å². The van der Waals surface area contributed by atoms with Crippen molar-refractivity contribution in [2.45, 2.75) is 18.6 Å². The largest absolute Gasteiger partial charge is 0.308 e. The SMILES string of the molecule is CS(=O)(=O)Cc1cccc(C(=O)N2CCCc3ccccc32)c1. The maximum absolute atomic E-state index is 12.9. The Kier molecular flexibility index (Phi) is 4.22. The molecule has 2 aromatic rings. The van der Waals surface area contributed by atoms with Crippen LogP contribution in [0.5, 0.6) is 0 Å². The number of carbonyl (C=O) groups excluding carboxylic acids is 1. The van der Waals surface area contributed by atoms with Gasteiger partial charge in [-0.2, -0.15) is 0 Å². The summed E-state index contributed by atoms with van der Waals surface area (Å²) in [6.45, 7) is 0.687. The highest BCUT2D eigenvalue weighted by atomic mass is 32.2. The van der Waals surface area contributed by atoms with E-state index < -0.39 is 9.84 Å². The molecule has 1 aliphatic heterocycles. The van der Waals surface area contributed by atoms with E-state index in [0.29, 0.717) is 17.7 Å².